The van der Waals surface area contributed by atoms with E-state index < -0.39 is 29.0 Å². The van der Waals surface area contributed by atoms with Crippen molar-refractivity contribution >= 4 is 165 Å². The van der Waals surface area contributed by atoms with Gasteiger partial charge in [-0.15, -0.1) is 0 Å². The fourth-order valence-corrected chi connectivity index (χ4v) is 0. The Morgan fingerprint density at radius 3 is 0.538 bits per heavy atom. The van der Waals surface area contributed by atoms with E-state index >= 15 is 0 Å². The van der Waals surface area contributed by atoms with Crippen LogP contribution in [0.3, 0.4) is 0 Å². The second kappa shape index (κ2) is 15.0. The van der Waals surface area contributed by atoms with E-state index in [1.807, 2.05) is 0 Å². The number of hydrogen-bond acceptors (Lipinski definition) is 2. The second-order valence-electron chi connectivity index (χ2n) is 1.03. The van der Waals surface area contributed by atoms with Gasteiger partial charge in [0.2, 0.25) is 0 Å². The van der Waals surface area contributed by atoms with Crippen molar-refractivity contribution in [2.45, 2.75) is 0 Å². The molecule has 0 saturated carbocycles. The van der Waals surface area contributed by atoms with Gasteiger partial charge in [-0.2, -0.15) is 0 Å². The van der Waals surface area contributed by atoms with Crippen LogP contribution >= 0.6 is 0 Å². The minimum absolute atomic E-state index is 0. The first-order chi connectivity index (χ1) is 4.00. The van der Waals surface area contributed by atoms with E-state index in [-0.39, 0.29) is 136 Å². The van der Waals surface area contributed by atoms with Gasteiger partial charge in [0.25, 0.3) is 0 Å². The van der Waals surface area contributed by atoms with Gasteiger partial charge in [-0.25, -0.2) is 0 Å². The predicted molar refractivity (Wildman–Crippen MR) is 43.5 cm³/mol. The summed E-state index contributed by atoms with van der Waals surface area (Å²) in [5.74, 6) is 0. The summed E-state index contributed by atoms with van der Waals surface area (Å²) in [4.78, 5) is 0. The normalized spacial score (nSPS) is 9.08. The molecule has 0 rings (SSSR count). The van der Waals surface area contributed by atoms with E-state index in [1.165, 1.54) is 0 Å². The summed E-state index contributed by atoms with van der Waals surface area (Å²) in [5.41, 5.74) is 0. The third-order valence-electron chi connectivity index (χ3n) is 0. The van der Waals surface area contributed by atoms with Crippen molar-refractivity contribution in [1.82, 2.24) is 0 Å². The molecule has 0 heterocycles. The Morgan fingerprint density at radius 2 is 0.538 bits per heavy atom. The largest absolute Gasteiger partial charge is 0 e. The van der Waals surface area contributed by atoms with Crippen molar-refractivity contribution in [1.29, 1.82) is 0 Å². The third-order valence-corrected chi connectivity index (χ3v) is 0. The molecule has 0 fully saturated rings. The molecular weight excluding hydrogens is 541 g/mol. The molecule has 6 radical (unpaired) electrons. The first kappa shape index (κ1) is 30.7. The van der Waals surface area contributed by atoms with Crippen LogP contribution in [0.25, 0.3) is 0 Å². The molecule has 6 N–H and O–H groups in total. The monoisotopic (exact) mass is 548 g/mol. The Morgan fingerprint density at radius 1 is 0.538 bits per heavy atom. The molecular formula is H6As2O8Sr3. The first-order valence-corrected chi connectivity index (χ1v) is 8.13. The molecule has 0 aromatic heterocycles. The SMILES string of the molecule is O=[As](O)(O)O.O=[As](O)(O)O.[Sr].[Sr].[Sr]. The summed E-state index contributed by atoms with van der Waals surface area (Å²) in [6.07, 6.45) is 0. The zero-order valence-corrected chi connectivity index (χ0v) is 20.7. The van der Waals surface area contributed by atoms with Crippen molar-refractivity contribution in [2.24, 2.45) is 0 Å². The molecule has 0 spiro atoms. The molecule has 0 saturated heterocycles. The molecule has 0 aliphatic rings. The van der Waals surface area contributed by atoms with Gasteiger partial charge in [0.15, 0.2) is 0 Å². The van der Waals surface area contributed by atoms with Crippen molar-refractivity contribution in [3.8, 4) is 0 Å². The van der Waals surface area contributed by atoms with Crippen molar-refractivity contribution in [3.05, 3.63) is 0 Å². The summed E-state index contributed by atoms with van der Waals surface area (Å²) in [6.45, 7) is 0. The van der Waals surface area contributed by atoms with Gasteiger partial charge in [-0.1, -0.05) is 0 Å². The van der Waals surface area contributed by atoms with Crippen LogP contribution in [0.4, 0.5) is 0 Å². The average molecular weight is 547 g/mol. The Bertz CT molecular complexity index is 130. The molecule has 8 nitrogen and oxygen atoms in total. The van der Waals surface area contributed by atoms with Crippen LogP contribution < -0.4 is 0 Å². The predicted octanol–water partition coefficient (Wildman–Crippen LogP) is -5.48. The van der Waals surface area contributed by atoms with E-state index in [0.717, 1.165) is 0 Å². The molecule has 0 aliphatic heterocycles. The molecule has 0 amide bonds. The molecule has 0 atom stereocenters. The zero-order valence-electron chi connectivity index (χ0n) is 6.52. The minimum atomic E-state index is -5.12. The van der Waals surface area contributed by atoms with Crippen LogP contribution in [0.2, 0.25) is 0 Å². The molecule has 0 aromatic rings. The third kappa shape index (κ3) is 156. The fraction of sp³-hybridized carbons (Fsp3) is 0. The molecule has 0 unspecified atom stereocenters. The topological polar surface area (TPSA) is 156 Å². The van der Waals surface area contributed by atoms with Gasteiger partial charge in [-0.05, 0) is 0 Å². The van der Waals surface area contributed by atoms with Gasteiger partial charge in [-0.3, -0.25) is 0 Å². The Hall–Kier alpha value is 4.92. The van der Waals surface area contributed by atoms with Crippen LogP contribution in [-0.4, -0.2) is 190 Å². The maximum absolute atomic E-state index is 8.94. The second-order valence-corrected chi connectivity index (χ2v) is 5.33. The van der Waals surface area contributed by atoms with Crippen molar-refractivity contribution in [2.75, 3.05) is 0 Å². The van der Waals surface area contributed by atoms with Gasteiger partial charge >= 0.3 is 61.1 Å². The molecule has 13 heteroatoms. The number of hydrogen-bond donors (Lipinski definition) is 6. The van der Waals surface area contributed by atoms with Gasteiger partial charge in [0, 0.05) is 136 Å². The van der Waals surface area contributed by atoms with Crippen LogP contribution in [0.1, 0.15) is 0 Å². The molecule has 0 aliphatic carbocycles. The summed E-state index contributed by atoms with van der Waals surface area (Å²) < 4.78 is 61.4. The summed E-state index contributed by atoms with van der Waals surface area (Å²) in [5, 5.41) is 0. The van der Waals surface area contributed by atoms with Crippen LogP contribution in [-0.2, 0) is 7.48 Å². The standard InChI is InChI=1S/2AsH3O4.3Sr/c2*2-1(3,4)5;;;/h2*(H3,2,3,4,5);;;. The van der Waals surface area contributed by atoms with E-state index in [9.17, 15) is 0 Å². The van der Waals surface area contributed by atoms with E-state index in [4.69, 9.17) is 32.1 Å². The van der Waals surface area contributed by atoms with Crippen molar-refractivity contribution < 1.29 is 32.1 Å². The average Bonchev–Trinajstić information content (AvgIpc) is 1.12. The summed E-state index contributed by atoms with van der Waals surface area (Å²) in [6, 6.07) is 0. The van der Waals surface area contributed by atoms with Gasteiger partial charge < -0.3 is 0 Å². The minimum Gasteiger partial charge on any atom is 0 e. The first-order valence-electron chi connectivity index (χ1n) is 1.57. The molecule has 0 aromatic carbocycles. The molecule has 0 bridgehead atoms. The van der Waals surface area contributed by atoms with Crippen LogP contribution in [0, 0.1) is 0 Å². The van der Waals surface area contributed by atoms with Crippen LogP contribution in [0.5, 0.6) is 0 Å². The van der Waals surface area contributed by atoms with E-state index in [1.54, 1.807) is 0 Å². The Kier molecular flexibility index (Phi) is 35.4. The molecule has 70 valence electrons. The zero-order chi connectivity index (χ0) is 9.00. The summed E-state index contributed by atoms with van der Waals surface area (Å²) >= 11 is -10.2. The van der Waals surface area contributed by atoms with Gasteiger partial charge in [0.05, 0.1) is 0 Å². The fourth-order valence-electron chi connectivity index (χ4n) is 0. The maximum Gasteiger partial charge on any atom is 0 e. The maximum atomic E-state index is 8.94. The van der Waals surface area contributed by atoms with Gasteiger partial charge in [0.1, 0.15) is 0 Å². The van der Waals surface area contributed by atoms with E-state index in [0.29, 0.717) is 0 Å². The Labute approximate surface area is 192 Å². The van der Waals surface area contributed by atoms with E-state index in [2.05, 4.69) is 0 Å². The quantitative estimate of drug-likeness (QED) is 0.165. The summed E-state index contributed by atoms with van der Waals surface area (Å²) in [7, 11) is 0. The molecule has 13 heavy (non-hydrogen) atoms. The van der Waals surface area contributed by atoms with Crippen molar-refractivity contribution in [3.63, 3.8) is 0 Å². The Balaban J connectivity index is -0.0000000267. The smallest absolute Gasteiger partial charge is 0 e. The number of rotatable bonds is 0. The van der Waals surface area contributed by atoms with Crippen LogP contribution in [0.15, 0.2) is 0 Å².